The lowest BCUT2D eigenvalue weighted by molar-refractivity contribution is -0.139. The molecule has 4 rings (SSSR count). The molecule has 9 nitrogen and oxygen atoms in total. The van der Waals surface area contributed by atoms with E-state index in [1.54, 1.807) is 6.92 Å². The Bertz CT molecular complexity index is 1360. The summed E-state index contributed by atoms with van der Waals surface area (Å²) in [6, 6.07) is 5.97. The fraction of sp³-hybridized carbons (Fsp3) is 0.370. The van der Waals surface area contributed by atoms with E-state index in [1.165, 1.54) is 24.3 Å². The van der Waals surface area contributed by atoms with Crippen molar-refractivity contribution in [2.24, 2.45) is 5.92 Å². The maximum Gasteiger partial charge on any atom is 0.416 e. The number of hydrogen-bond acceptors (Lipinski definition) is 5. The number of benzene rings is 2. The van der Waals surface area contributed by atoms with Gasteiger partial charge < -0.3 is 21.3 Å². The largest absolute Gasteiger partial charge is 0.416 e. The summed E-state index contributed by atoms with van der Waals surface area (Å²) in [4.78, 5) is 64.0. The predicted molar refractivity (Wildman–Crippen MR) is 139 cm³/mol. The van der Waals surface area contributed by atoms with Crippen molar-refractivity contribution in [1.29, 1.82) is 0 Å². The summed E-state index contributed by atoms with van der Waals surface area (Å²) in [5.74, 6) is -4.55. The van der Waals surface area contributed by atoms with Gasteiger partial charge in [0.05, 0.1) is 22.9 Å². The van der Waals surface area contributed by atoms with E-state index in [-0.39, 0.29) is 46.2 Å². The Morgan fingerprint density at radius 1 is 1.07 bits per heavy atom. The zero-order valence-corrected chi connectivity index (χ0v) is 22.0. The molecule has 1 heterocycles. The van der Waals surface area contributed by atoms with Crippen LogP contribution in [0.1, 0.15) is 58.9 Å². The van der Waals surface area contributed by atoms with Gasteiger partial charge in [-0.2, -0.15) is 13.2 Å². The number of hydrogen-bond donors (Lipinski definition) is 4. The average Bonchev–Trinajstić information content (AvgIpc) is 3.65. The third-order valence-electron chi connectivity index (χ3n) is 6.60. The highest BCUT2D eigenvalue weighted by atomic mass is 35.5. The number of ketones is 1. The number of amides is 4. The van der Waals surface area contributed by atoms with E-state index in [0.717, 1.165) is 25.0 Å². The first-order chi connectivity index (χ1) is 18.8. The van der Waals surface area contributed by atoms with Crippen LogP contribution in [-0.2, 0) is 20.6 Å². The molecule has 1 saturated carbocycles. The molecular formula is C27H26ClF3N4O5. The van der Waals surface area contributed by atoms with Gasteiger partial charge in [-0.05, 0) is 69.0 Å². The van der Waals surface area contributed by atoms with Gasteiger partial charge in [-0.3, -0.25) is 24.0 Å². The van der Waals surface area contributed by atoms with Crippen molar-refractivity contribution >= 4 is 46.7 Å². The molecule has 212 valence electrons. The van der Waals surface area contributed by atoms with Gasteiger partial charge in [0.25, 0.3) is 17.7 Å². The molecule has 0 radical (unpaired) electrons. The first-order valence-corrected chi connectivity index (χ1v) is 12.9. The first-order valence-electron chi connectivity index (χ1n) is 12.6. The molecule has 4 amide bonds. The molecule has 4 N–H and O–H groups in total. The van der Waals surface area contributed by atoms with Crippen molar-refractivity contribution in [3.05, 3.63) is 64.2 Å². The van der Waals surface area contributed by atoms with Crippen LogP contribution in [0.15, 0.2) is 42.5 Å². The third kappa shape index (κ3) is 7.17. The highest BCUT2D eigenvalue weighted by molar-refractivity contribution is 6.38. The van der Waals surface area contributed by atoms with Crippen LogP contribution in [0.2, 0.25) is 5.02 Å². The minimum atomic E-state index is -4.66. The Kier molecular flexibility index (Phi) is 8.48. The fourth-order valence-corrected chi connectivity index (χ4v) is 4.57. The molecule has 3 atom stereocenters. The van der Waals surface area contributed by atoms with E-state index in [4.69, 9.17) is 11.6 Å². The number of halogens is 4. The van der Waals surface area contributed by atoms with E-state index in [9.17, 15) is 37.1 Å². The van der Waals surface area contributed by atoms with E-state index >= 15 is 0 Å². The van der Waals surface area contributed by atoms with Crippen molar-refractivity contribution in [2.75, 3.05) is 5.32 Å². The summed E-state index contributed by atoms with van der Waals surface area (Å²) in [6.45, 7) is 1.79. The van der Waals surface area contributed by atoms with E-state index in [1.807, 2.05) is 0 Å². The van der Waals surface area contributed by atoms with Gasteiger partial charge in [0.1, 0.15) is 0 Å². The van der Waals surface area contributed by atoms with E-state index in [2.05, 4.69) is 21.3 Å². The van der Waals surface area contributed by atoms with Crippen LogP contribution in [0.5, 0.6) is 0 Å². The topological polar surface area (TPSA) is 133 Å². The number of carbonyl (C=O) groups is 5. The van der Waals surface area contributed by atoms with Crippen LogP contribution in [-0.4, -0.2) is 47.5 Å². The molecule has 2 aliphatic rings. The number of Topliss-reactive ketones (excluding diaryl/α,β-unsaturated/α-hetero) is 1. The number of carbonyl (C=O) groups excluding carboxylic acids is 5. The minimum absolute atomic E-state index is 0.0924. The second kappa shape index (κ2) is 11.7. The Hall–Kier alpha value is -3.93. The predicted octanol–water partition coefficient (Wildman–Crippen LogP) is 3.47. The Balaban J connectivity index is 1.56. The molecule has 1 aliphatic heterocycles. The average molecular weight is 579 g/mol. The molecule has 13 heteroatoms. The van der Waals surface area contributed by atoms with Gasteiger partial charge in [-0.1, -0.05) is 17.7 Å². The standard InChI is InChI=1S/C27H26ClF3N4O5/c1-13-9-15(24(38)32-13)11-21(22(36)26(40)33-18-6-7-18)35-25(39)19-12-17(28)5-8-20(19)34-23(37)14-3-2-4-16(10-14)27(29,30)31/h2-5,8,10,12-13,15,18,21H,6-7,9,11H2,1H3,(H,32,38)(H,33,40)(H,34,37)(H,35,39)/t13-,15+,21?/m1/s1. The maximum absolute atomic E-state index is 13.4. The Labute approximate surface area is 232 Å². The summed E-state index contributed by atoms with van der Waals surface area (Å²) < 4.78 is 39.3. The van der Waals surface area contributed by atoms with Crippen molar-refractivity contribution in [2.45, 2.75) is 56.9 Å². The van der Waals surface area contributed by atoms with Gasteiger partial charge in [0.15, 0.2) is 0 Å². The van der Waals surface area contributed by atoms with Crippen molar-refractivity contribution in [3.8, 4) is 0 Å². The highest BCUT2D eigenvalue weighted by Crippen LogP contribution is 2.30. The number of rotatable bonds is 9. The molecule has 0 spiro atoms. The highest BCUT2D eigenvalue weighted by Gasteiger charge is 2.38. The third-order valence-corrected chi connectivity index (χ3v) is 6.84. The monoisotopic (exact) mass is 578 g/mol. The second-order valence-corrected chi connectivity index (χ2v) is 10.4. The van der Waals surface area contributed by atoms with Crippen LogP contribution in [0.4, 0.5) is 18.9 Å². The zero-order valence-electron chi connectivity index (χ0n) is 21.2. The van der Waals surface area contributed by atoms with Gasteiger partial charge in [-0.15, -0.1) is 0 Å². The van der Waals surface area contributed by atoms with Crippen LogP contribution < -0.4 is 21.3 Å². The number of nitrogens with one attached hydrogen (secondary N) is 4. The quantitative estimate of drug-likeness (QED) is 0.338. The smallest absolute Gasteiger partial charge is 0.353 e. The summed E-state index contributed by atoms with van der Waals surface area (Å²) >= 11 is 6.07. The number of alkyl halides is 3. The molecule has 2 fully saturated rings. The molecule has 1 saturated heterocycles. The lowest BCUT2D eigenvalue weighted by Crippen LogP contribution is -2.49. The number of anilines is 1. The van der Waals surface area contributed by atoms with Gasteiger partial charge in [0, 0.05) is 28.6 Å². The minimum Gasteiger partial charge on any atom is -0.353 e. The zero-order chi connectivity index (χ0) is 29.2. The Morgan fingerprint density at radius 2 is 1.80 bits per heavy atom. The second-order valence-electron chi connectivity index (χ2n) is 9.94. The molecular weight excluding hydrogens is 553 g/mol. The molecule has 0 bridgehead atoms. The van der Waals surface area contributed by atoms with Crippen LogP contribution >= 0.6 is 11.6 Å². The normalized spacial score (nSPS) is 19.4. The lowest BCUT2D eigenvalue weighted by Gasteiger charge is -2.21. The Morgan fingerprint density at radius 3 is 2.42 bits per heavy atom. The van der Waals surface area contributed by atoms with Crippen LogP contribution in [0, 0.1) is 5.92 Å². The fourth-order valence-electron chi connectivity index (χ4n) is 4.40. The summed E-state index contributed by atoms with van der Waals surface area (Å²) in [5.41, 5.74) is -1.62. The summed E-state index contributed by atoms with van der Waals surface area (Å²) in [5, 5.41) is 10.3. The van der Waals surface area contributed by atoms with Crippen molar-refractivity contribution in [1.82, 2.24) is 16.0 Å². The van der Waals surface area contributed by atoms with Crippen molar-refractivity contribution in [3.63, 3.8) is 0 Å². The summed E-state index contributed by atoms with van der Waals surface area (Å²) in [7, 11) is 0. The van der Waals surface area contributed by atoms with Gasteiger partial charge in [-0.25, -0.2) is 0 Å². The molecule has 2 aromatic carbocycles. The lowest BCUT2D eigenvalue weighted by atomic mass is 9.93. The van der Waals surface area contributed by atoms with Gasteiger partial charge in [0.2, 0.25) is 11.7 Å². The van der Waals surface area contributed by atoms with E-state index < -0.39 is 47.2 Å². The maximum atomic E-state index is 13.4. The molecule has 2 aromatic rings. The van der Waals surface area contributed by atoms with Crippen LogP contribution in [0.3, 0.4) is 0 Å². The molecule has 1 aliphatic carbocycles. The van der Waals surface area contributed by atoms with E-state index in [0.29, 0.717) is 12.5 Å². The molecule has 1 unspecified atom stereocenters. The summed E-state index contributed by atoms with van der Waals surface area (Å²) in [6.07, 6.45) is -2.93. The molecule has 0 aromatic heterocycles. The van der Waals surface area contributed by atoms with Crippen LogP contribution in [0.25, 0.3) is 0 Å². The van der Waals surface area contributed by atoms with Crippen molar-refractivity contribution < 1.29 is 37.1 Å². The van der Waals surface area contributed by atoms with Gasteiger partial charge >= 0.3 is 6.18 Å². The SMILES string of the molecule is C[C@@H]1C[C@@H](CC(NC(=O)c2cc(Cl)ccc2NC(=O)c2cccc(C(F)(F)F)c2)C(=O)C(=O)NC2CC2)C(=O)N1. The first kappa shape index (κ1) is 29.1. The molecule has 40 heavy (non-hydrogen) atoms.